The van der Waals surface area contributed by atoms with Gasteiger partial charge in [0.25, 0.3) is 0 Å². The molecule has 0 radical (unpaired) electrons. The van der Waals surface area contributed by atoms with E-state index in [4.69, 9.17) is 0 Å². The summed E-state index contributed by atoms with van der Waals surface area (Å²) in [6.45, 7) is 0. The van der Waals surface area contributed by atoms with E-state index >= 15 is 0 Å². The average Bonchev–Trinajstić information content (AvgIpc) is 2.23. The first-order valence-corrected chi connectivity index (χ1v) is 6.22. The highest BCUT2D eigenvalue weighted by molar-refractivity contribution is 9.10. The predicted molar refractivity (Wildman–Crippen MR) is 68.2 cm³/mol. The molecule has 0 spiro atoms. The molecule has 1 unspecified atom stereocenters. The van der Waals surface area contributed by atoms with Gasteiger partial charge in [0.1, 0.15) is 0 Å². The molecule has 0 nitrogen and oxygen atoms in total. The van der Waals surface area contributed by atoms with Crippen LogP contribution in [0.4, 0.5) is 0 Å². The van der Waals surface area contributed by atoms with E-state index in [-0.39, 0.29) is 0 Å². The van der Waals surface area contributed by atoms with Crippen LogP contribution in [0, 0.1) is 0 Å². The largest absolute Gasteiger partial charge is 0.0622 e. The summed E-state index contributed by atoms with van der Waals surface area (Å²) in [4.78, 5) is 0. The molecule has 0 aliphatic rings. The van der Waals surface area contributed by atoms with Gasteiger partial charge in [0.05, 0.1) is 0 Å². The van der Waals surface area contributed by atoms with Crippen LogP contribution in [-0.4, -0.2) is 0 Å². The maximum Gasteiger partial charge on any atom is 0.0252 e. The zero-order valence-corrected chi connectivity index (χ0v) is 10.2. The van der Waals surface area contributed by atoms with Crippen molar-refractivity contribution in [3.8, 4) is 0 Å². The minimum atomic E-state index is 0.729. The van der Waals surface area contributed by atoms with Crippen molar-refractivity contribution in [2.75, 3.05) is 0 Å². The van der Waals surface area contributed by atoms with E-state index in [1.54, 1.807) is 0 Å². The van der Waals surface area contributed by atoms with Crippen LogP contribution in [0.2, 0.25) is 0 Å². The maximum absolute atomic E-state index is 3.56. The van der Waals surface area contributed by atoms with Crippen LogP contribution >= 0.6 is 24.5 Å². The normalized spacial score (nSPS) is 10.9. The third-order valence-electron chi connectivity index (χ3n) is 1.93. The maximum atomic E-state index is 3.56. The summed E-state index contributed by atoms with van der Waals surface area (Å²) >= 11 is 3.56. The molecule has 0 heterocycles. The lowest BCUT2D eigenvalue weighted by molar-refractivity contribution is 1.72. The number of hydrogen-bond donors (Lipinski definition) is 0. The van der Waals surface area contributed by atoms with Gasteiger partial charge in [0, 0.05) is 4.47 Å². The van der Waals surface area contributed by atoms with Crippen molar-refractivity contribution in [3.63, 3.8) is 0 Å². The molecular weight excluding hydrogens is 255 g/mol. The van der Waals surface area contributed by atoms with Gasteiger partial charge in [-0.2, -0.15) is 0 Å². The Balaban J connectivity index is 2.24. The van der Waals surface area contributed by atoms with E-state index in [0.717, 1.165) is 8.58 Å². The van der Waals surface area contributed by atoms with Crippen molar-refractivity contribution in [2.24, 2.45) is 0 Å². The van der Waals surface area contributed by atoms with Crippen LogP contribution in [0.25, 0.3) is 0 Å². The SMILES string of the molecule is Brc1ccccc1Pc1ccccc1. The lowest BCUT2D eigenvalue weighted by atomic mass is 10.4. The van der Waals surface area contributed by atoms with Crippen molar-refractivity contribution < 1.29 is 0 Å². The molecule has 0 aliphatic heterocycles. The van der Waals surface area contributed by atoms with Crippen molar-refractivity contribution in [1.29, 1.82) is 0 Å². The van der Waals surface area contributed by atoms with Crippen molar-refractivity contribution in [1.82, 2.24) is 0 Å². The van der Waals surface area contributed by atoms with Crippen LogP contribution in [0.15, 0.2) is 59.1 Å². The van der Waals surface area contributed by atoms with Gasteiger partial charge in [-0.3, -0.25) is 0 Å². The summed E-state index contributed by atoms with van der Waals surface area (Å²) in [5.74, 6) is 0. The number of rotatable bonds is 2. The second-order valence-electron chi connectivity index (χ2n) is 2.97. The van der Waals surface area contributed by atoms with E-state index in [9.17, 15) is 0 Å². The van der Waals surface area contributed by atoms with Crippen molar-refractivity contribution in [3.05, 3.63) is 59.1 Å². The first-order chi connectivity index (χ1) is 6.86. The Kier molecular flexibility index (Phi) is 3.34. The Morgan fingerprint density at radius 1 is 0.786 bits per heavy atom. The van der Waals surface area contributed by atoms with Crippen LogP contribution in [-0.2, 0) is 0 Å². The minimum Gasteiger partial charge on any atom is -0.0622 e. The summed E-state index contributed by atoms with van der Waals surface area (Å²) in [6.07, 6.45) is 0. The van der Waals surface area contributed by atoms with Crippen molar-refractivity contribution in [2.45, 2.75) is 0 Å². The molecule has 2 rings (SSSR count). The fourth-order valence-corrected chi connectivity index (χ4v) is 2.87. The molecular formula is C12H10BrP. The predicted octanol–water partition coefficient (Wildman–Crippen LogP) is 3.08. The van der Waals surface area contributed by atoms with Crippen LogP contribution in [0.5, 0.6) is 0 Å². The molecule has 0 saturated carbocycles. The van der Waals surface area contributed by atoms with Crippen LogP contribution in [0.3, 0.4) is 0 Å². The van der Waals surface area contributed by atoms with E-state index in [0.29, 0.717) is 0 Å². The summed E-state index contributed by atoms with van der Waals surface area (Å²) in [5, 5.41) is 2.73. The standard InChI is InChI=1S/C12H10BrP/c13-11-8-4-5-9-12(11)14-10-6-2-1-3-7-10/h1-9,14H. The lowest BCUT2D eigenvalue weighted by Crippen LogP contribution is -2.03. The molecule has 0 saturated heterocycles. The molecule has 0 N–H and O–H groups in total. The second kappa shape index (κ2) is 4.72. The smallest absolute Gasteiger partial charge is 0.0252 e. The Morgan fingerprint density at radius 3 is 2.14 bits per heavy atom. The zero-order chi connectivity index (χ0) is 9.80. The third kappa shape index (κ3) is 2.43. The molecule has 0 bridgehead atoms. The number of hydrogen-bond acceptors (Lipinski definition) is 0. The molecule has 0 amide bonds. The molecule has 1 atom stereocenters. The van der Waals surface area contributed by atoms with Gasteiger partial charge in [-0.1, -0.05) is 73.0 Å². The van der Waals surface area contributed by atoms with E-state index < -0.39 is 0 Å². The summed E-state index contributed by atoms with van der Waals surface area (Å²) < 4.78 is 1.20. The summed E-state index contributed by atoms with van der Waals surface area (Å²) in [6, 6.07) is 18.9. The Morgan fingerprint density at radius 2 is 1.43 bits per heavy atom. The second-order valence-corrected chi connectivity index (χ2v) is 5.19. The summed E-state index contributed by atoms with van der Waals surface area (Å²) in [5.41, 5.74) is 0. The third-order valence-corrected chi connectivity index (χ3v) is 4.31. The Bertz CT molecular complexity index is 412. The highest BCUT2D eigenvalue weighted by Gasteiger charge is 1.98. The van der Waals surface area contributed by atoms with Gasteiger partial charge in [-0.15, -0.1) is 0 Å². The quantitative estimate of drug-likeness (QED) is 0.732. The molecule has 2 aromatic carbocycles. The van der Waals surface area contributed by atoms with Crippen LogP contribution in [0.1, 0.15) is 0 Å². The molecule has 70 valence electrons. The molecule has 0 fully saturated rings. The minimum absolute atomic E-state index is 0.729. The summed E-state index contributed by atoms with van der Waals surface area (Å²) in [7, 11) is 0.729. The molecule has 2 aromatic rings. The van der Waals surface area contributed by atoms with Crippen LogP contribution < -0.4 is 10.6 Å². The Hall–Kier alpha value is -0.650. The molecule has 14 heavy (non-hydrogen) atoms. The van der Waals surface area contributed by atoms with Gasteiger partial charge < -0.3 is 0 Å². The monoisotopic (exact) mass is 264 g/mol. The zero-order valence-electron chi connectivity index (χ0n) is 7.57. The highest BCUT2D eigenvalue weighted by atomic mass is 79.9. The van der Waals surface area contributed by atoms with Gasteiger partial charge in [-0.25, -0.2) is 0 Å². The first kappa shape index (κ1) is 9.89. The van der Waals surface area contributed by atoms with Gasteiger partial charge in [0.15, 0.2) is 0 Å². The number of halogens is 1. The van der Waals surface area contributed by atoms with E-state index in [1.165, 1.54) is 15.1 Å². The molecule has 2 heteroatoms. The molecule has 0 aromatic heterocycles. The Labute approximate surface area is 94.3 Å². The fourth-order valence-electron chi connectivity index (χ4n) is 1.24. The van der Waals surface area contributed by atoms with E-state index in [2.05, 4.69) is 58.4 Å². The first-order valence-electron chi connectivity index (χ1n) is 4.43. The number of benzene rings is 2. The average molecular weight is 265 g/mol. The van der Waals surface area contributed by atoms with Gasteiger partial charge >= 0.3 is 0 Å². The van der Waals surface area contributed by atoms with E-state index in [1.807, 2.05) is 12.1 Å². The van der Waals surface area contributed by atoms with Gasteiger partial charge in [0.2, 0.25) is 0 Å². The molecule has 0 aliphatic carbocycles. The fraction of sp³-hybridized carbons (Fsp3) is 0. The topological polar surface area (TPSA) is 0 Å². The van der Waals surface area contributed by atoms with Gasteiger partial charge in [-0.05, 0) is 16.7 Å². The highest BCUT2D eigenvalue weighted by Crippen LogP contribution is 2.17. The lowest BCUT2D eigenvalue weighted by Gasteiger charge is -2.03. The van der Waals surface area contributed by atoms with Crippen molar-refractivity contribution >= 4 is 35.1 Å².